The van der Waals surface area contributed by atoms with E-state index >= 15 is 0 Å². The van der Waals surface area contributed by atoms with Crippen molar-refractivity contribution in [1.82, 2.24) is 16.0 Å². The number of nitrogens with one attached hydrogen (secondary N) is 3. The zero-order valence-corrected chi connectivity index (χ0v) is 15.4. The van der Waals surface area contributed by atoms with Gasteiger partial charge in [-0.15, -0.1) is 0 Å². The highest BCUT2D eigenvalue weighted by atomic mass is 19.1. The third-order valence-electron chi connectivity index (χ3n) is 4.03. The molecule has 144 valence electrons. The number of urea groups is 1. The van der Waals surface area contributed by atoms with Gasteiger partial charge < -0.3 is 20.7 Å². The largest absolute Gasteiger partial charge is 0.497 e. The number of amides is 3. The van der Waals surface area contributed by atoms with Crippen molar-refractivity contribution in [1.29, 1.82) is 0 Å². The Morgan fingerprint density at radius 3 is 2.22 bits per heavy atom. The summed E-state index contributed by atoms with van der Waals surface area (Å²) in [6.07, 6.45) is 0.737. The van der Waals surface area contributed by atoms with E-state index in [1.807, 2.05) is 31.2 Å². The van der Waals surface area contributed by atoms with Gasteiger partial charge in [0.25, 0.3) is 5.91 Å². The minimum atomic E-state index is -0.396. The maximum Gasteiger partial charge on any atom is 0.315 e. The fourth-order valence-electron chi connectivity index (χ4n) is 2.52. The minimum absolute atomic E-state index is 0.121. The molecular weight excluding hydrogens is 349 g/mol. The number of hydrogen-bond donors (Lipinski definition) is 3. The topological polar surface area (TPSA) is 79.5 Å². The van der Waals surface area contributed by atoms with Crippen LogP contribution in [-0.2, 0) is 0 Å². The summed E-state index contributed by atoms with van der Waals surface area (Å²) >= 11 is 0. The van der Waals surface area contributed by atoms with E-state index in [1.165, 1.54) is 24.3 Å². The van der Waals surface area contributed by atoms with Crippen molar-refractivity contribution in [2.45, 2.75) is 19.4 Å². The van der Waals surface area contributed by atoms with Gasteiger partial charge in [-0.3, -0.25) is 4.79 Å². The molecule has 2 rings (SSSR count). The van der Waals surface area contributed by atoms with Crippen molar-refractivity contribution in [2.24, 2.45) is 0 Å². The lowest BCUT2D eigenvalue weighted by atomic mass is 10.0. The van der Waals surface area contributed by atoms with E-state index in [4.69, 9.17) is 4.74 Å². The molecule has 0 spiro atoms. The summed E-state index contributed by atoms with van der Waals surface area (Å²) in [6, 6.07) is 12.4. The molecule has 2 aromatic rings. The number of benzene rings is 2. The Bertz CT molecular complexity index is 748. The van der Waals surface area contributed by atoms with E-state index in [0.29, 0.717) is 5.56 Å². The highest BCUT2D eigenvalue weighted by Gasteiger charge is 2.12. The summed E-state index contributed by atoms with van der Waals surface area (Å²) in [5.74, 6) is 0.0454. The molecule has 0 aromatic heterocycles. The van der Waals surface area contributed by atoms with E-state index in [0.717, 1.165) is 17.7 Å². The lowest BCUT2D eigenvalue weighted by Crippen LogP contribution is -2.41. The summed E-state index contributed by atoms with van der Waals surface area (Å²) in [6.45, 7) is 2.53. The number of methoxy groups -OCH3 is 1. The van der Waals surface area contributed by atoms with Crippen molar-refractivity contribution in [3.8, 4) is 5.75 Å². The monoisotopic (exact) mass is 373 g/mol. The fraction of sp³-hybridized carbons (Fsp3) is 0.300. The Labute approximate surface area is 158 Å². The summed E-state index contributed by atoms with van der Waals surface area (Å²) in [5, 5.41) is 8.28. The Morgan fingerprint density at radius 2 is 1.63 bits per heavy atom. The number of hydrogen-bond acceptors (Lipinski definition) is 3. The molecule has 0 fully saturated rings. The van der Waals surface area contributed by atoms with E-state index in [-0.39, 0.29) is 31.1 Å². The van der Waals surface area contributed by atoms with Crippen LogP contribution in [0.5, 0.6) is 5.75 Å². The Kier molecular flexibility index (Phi) is 7.61. The van der Waals surface area contributed by atoms with Crippen LogP contribution >= 0.6 is 0 Å². The molecule has 27 heavy (non-hydrogen) atoms. The normalized spacial score (nSPS) is 11.4. The van der Waals surface area contributed by atoms with Crippen LogP contribution in [0.15, 0.2) is 48.5 Å². The van der Waals surface area contributed by atoms with Gasteiger partial charge in [-0.1, -0.05) is 19.1 Å². The maximum atomic E-state index is 12.8. The third-order valence-corrected chi connectivity index (χ3v) is 4.03. The fourth-order valence-corrected chi connectivity index (χ4v) is 2.52. The molecule has 0 aliphatic carbocycles. The molecule has 0 bridgehead atoms. The Hall–Kier alpha value is -3.09. The standard InChI is InChI=1S/C20H24FN3O3/c1-3-18(14-6-10-17(27-2)11-7-14)24-20(26)23-13-12-22-19(25)15-4-8-16(21)9-5-15/h4-11,18H,3,12-13H2,1-2H3,(H,22,25)(H2,23,24,26). The van der Waals surface area contributed by atoms with Gasteiger partial charge in [0, 0.05) is 18.7 Å². The molecule has 3 N–H and O–H groups in total. The molecule has 0 aliphatic heterocycles. The van der Waals surface area contributed by atoms with Crippen LogP contribution in [0.3, 0.4) is 0 Å². The summed E-state index contributed by atoms with van der Waals surface area (Å²) in [5.41, 5.74) is 1.35. The second kappa shape index (κ2) is 10.2. The van der Waals surface area contributed by atoms with Crippen LogP contribution < -0.4 is 20.7 Å². The molecule has 0 aliphatic rings. The number of halogens is 1. The Balaban J connectivity index is 1.74. The first-order valence-corrected chi connectivity index (χ1v) is 8.75. The SMILES string of the molecule is CCC(NC(=O)NCCNC(=O)c1ccc(F)cc1)c1ccc(OC)cc1. The summed E-state index contributed by atoms with van der Waals surface area (Å²) in [7, 11) is 1.60. The molecule has 0 saturated heterocycles. The van der Waals surface area contributed by atoms with Gasteiger partial charge in [-0.25, -0.2) is 9.18 Å². The van der Waals surface area contributed by atoms with Crippen LogP contribution in [0.4, 0.5) is 9.18 Å². The lowest BCUT2D eigenvalue weighted by Gasteiger charge is -2.18. The first-order chi connectivity index (χ1) is 13.0. The van der Waals surface area contributed by atoms with Gasteiger partial charge in [0.15, 0.2) is 0 Å². The zero-order chi connectivity index (χ0) is 19.6. The van der Waals surface area contributed by atoms with Crippen molar-refractivity contribution in [3.05, 3.63) is 65.5 Å². The summed E-state index contributed by atoms with van der Waals surface area (Å²) < 4.78 is 18.0. The van der Waals surface area contributed by atoms with Gasteiger partial charge >= 0.3 is 6.03 Å². The smallest absolute Gasteiger partial charge is 0.315 e. The van der Waals surface area contributed by atoms with Crippen molar-refractivity contribution < 1.29 is 18.7 Å². The van der Waals surface area contributed by atoms with Gasteiger partial charge in [0.1, 0.15) is 11.6 Å². The molecule has 0 saturated carbocycles. The quantitative estimate of drug-likeness (QED) is 0.623. The summed E-state index contributed by atoms with van der Waals surface area (Å²) in [4.78, 5) is 23.9. The maximum absolute atomic E-state index is 12.8. The molecular formula is C20H24FN3O3. The average molecular weight is 373 g/mol. The number of ether oxygens (including phenoxy) is 1. The lowest BCUT2D eigenvalue weighted by molar-refractivity contribution is 0.0953. The molecule has 2 aromatic carbocycles. The Morgan fingerprint density at radius 1 is 1.00 bits per heavy atom. The highest BCUT2D eigenvalue weighted by molar-refractivity contribution is 5.94. The van der Waals surface area contributed by atoms with Crippen molar-refractivity contribution in [3.63, 3.8) is 0 Å². The van der Waals surface area contributed by atoms with Crippen molar-refractivity contribution >= 4 is 11.9 Å². The average Bonchev–Trinajstić information content (AvgIpc) is 2.70. The zero-order valence-electron chi connectivity index (χ0n) is 15.4. The second-order valence-corrected chi connectivity index (χ2v) is 5.90. The van der Waals surface area contributed by atoms with E-state index in [1.54, 1.807) is 7.11 Å². The van der Waals surface area contributed by atoms with Crippen molar-refractivity contribution in [2.75, 3.05) is 20.2 Å². The highest BCUT2D eigenvalue weighted by Crippen LogP contribution is 2.19. The molecule has 1 atom stereocenters. The number of rotatable bonds is 8. The number of carbonyl (C=O) groups excluding carboxylic acids is 2. The molecule has 6 nitrogen and oxygen atoms in total. The molecule has 0 radical (unpaired) electrons. The number of carbonyl (C=O) groups is 2. The van der Waals surface area contributed by atoms with Crippen LogP contribution in [0.25, 0.3) is 0 Å². The predicted octanol–water partition coefficient (Wildman–Crippen LogP) is 3.01. The third kappa shape index (κ3) is 6.29. The second-order valence-electron chi connectivity index (χ2n) is 5.90. The minimum Gasteiger partial charge on any atom is -0.497 e. The van der Waals surface area contributed by atoms with Crippen LogP contribution in [0.1, 0.15) is 35.3 Å². The van der Waals surface area contributed by atoms with Gasteiger partial charge in [-0.2, -0.15) is 0 Å². The first kappa shape index (κ1) is 20.2. The van der Waals surface area contributed by atoms with Crippen LogP contribution in [-0.4, -0.2) is 32.1 Å². The van der Waals surface area contributed by atoms with E-state index < -0.39 is 5.82 Å². The van der Waals surface area contributed by atoms with Gasteiger partial charge in [-0.05, 0) is 48.4 Å². The molecule has 7 heteroatoms. The van der Waals surface area contributed by atoms with E-state index in [2.05, 4.69) is 16.0 Å². The first-order valence-electron chi connectivity index (χ1n) is 8.75. The molecule has 3 amide bonds. The van der Waals surface area contributed by atoms with Gasteiger partial charge in [0.2, 0.25) is 0 Å². The molecule has 1 unspecified atom stereocenters. The van der Waals surface area contributed by atoms with Crippen LogP contribution in [0, 0.1) is 5.82 Å². The van der Waals surface area contributed by atoms with Gasteiger partial charge in [0.05, 0.1) is 13.2 Å². The predicted molar refractivity (Wildman–Crippen MR) is 101 cm³/mol. The van der Waals surface area contributed by atoms with Crippen LogP contribution in [0.2, 0.25) is 0 Å². The molecule has 0 heterocycles. The van der Waals surface area contributed by atoms with E-state index in [9.17, 15) is 14.0 Å².